The fourth-order valence-corrected chi connectivity index (χ4v) is 1.11. The van der Waals surface area contributed by atoms with E-state index in [0.717, 1.165) is 6.61 Å². The molecule has 0 amide bonds. The first-order valence-electron chi connectivity index (χ1n) is 5.05. The molecule has 0 saturated heterocycles. The van der Waals surface area contributed by atoms with Gasteiger partial charge in [0.15, 0.2) is 0 Å². The van der Waals surface area contributed by atoms with Crippen LogP contribution in [0.15, 0.2) is 0 Å². The predicted molar refractivity (Wildman–Crippen MR) is 54.7 cm³/mol. The smallest absolute Gasteiger partial charge is 0.0784 e. The first-order chi connectivity index (χ1) is 6.11. The van der Waals surface area contributed by atoms with Gasteiger partial charge in [0, 0.05) is 13.2 Å². The average molecular weight is 189 g/mol. The summed E-state index contributed by atoms with van der Waals surface area (Å²) in [5, 5.41) is 0. The minimum atomic E-state index is 0.135. The standard InChI is InChI=1S/C10H23NO2/c1-5-12-7-9(4)13-10(6-11)8(2)3/h8-10H,5-7,11H2,1-4H3. The topological polar surface area (TPSA) is 44.5 Å². The summed E-state index contributed by atoms with van der Waals surface area (Å²) in [6.45, 7) is 10.2. The van der Waals surface area contributed by atoms with E-state index in [1.54, 1.807) is 0 Å². The second-order valence-corrected chi connectivity index (χ2v) is 3.62. The third kappa shape index (κ3) is 6.02. The number of ether oxygens (including phenoxy) is 2. The van der Waals surface area contributed by atoms with Crippen LogP contribution in [0.25, 0.3) is 0 Å². The lowest BCUT2D eigenvalue weighted by atomic mass is 10.1. The lowest BCUT2D eigenvalue weighted by molar-refractivity contribution is -0.0588. The van der Waals surface area contributed by atoms with Gasteiger partial charge in [-0.2, -0.15) is 0 Å². The molecule has 2 atom stereocenters. The molecular weight excluding hydrogens is 166 g/mol. The molecule has 0 aromatic rings. The van der Waals surface area contributed by atoms with Crippen LogP contribution in [-0.4, -0.2) is 32.0 Å². The molecule has 3 heteroatoms. The van der Waals surface area contributed by atoms with E-state index in [2.05, 4.69) is 13.8 Å². The molecule has 13 heavy (non-hydrogen) atoms. The molecule has 2 unspecified atom stereocenters. The number of nitrogens with two attached hydrogens (primary N) is 1. The van der Waals surface area contributed by atoms with Crippen LogP contribution in [0.5, 0.6) is 0 Å². The first-order valence-corrected chi connectivity index (χ1v) is 5.05. The van der Waals surface area contributed by atoms with Gasteiger partial charge >= 0.3 is 0 Å². The van der Waals surface area contributed by atoms with Crippen LogP contribution in [0.3, 0.4) is 0 Å². The molecule has 80 valence electrons. The van der Waals surface area contributed by atoms with Gasteiger partial charge in [-0.15, -0.1) is 0 Å². The Morgan fingerprint density at radius 3 is 2.23 bits per heavy atom. The number of hydrogen-bond donors (Lipinski definition) is 1. The van der Waals surface area contributed by atoms with E-state index in [-0.39, 0.29) is 12.2 Å². The highest BCUT2D eigenvalue weighted by Gasteiger charge is 2.15. The summed E-state index contributed by atoms with van der Waals surface area (Å²) in [5.74, 6) is 0.467. The zero-order valence-electron chi connectivity index (χ0n) is 9.25. The summed E-state index contributed by atoms with van der Waals surface area (Å²) in [5.41, 5.74) is 5.58. The lowest BCUT2D eigenvalue weighted by Crippen LogP contribution is -2.33. The van der Waals surface area contributed by atoms with Crippen molar-refractivity contribution >= 4 is 0 Å². The molecule has 0 bridgehead atoms. The third-order valence-electron chi connectivity index (χ3n) is 1.94. The van der Waals surface area contributed by atoms with Crippen molar-refractivity contribution in [2.45, 2.75) is 39.9 Å². The number of hydrogen-bond acceptors (Lipinski definition) is 3. The molecule has 0 saturated carbocycles. The Bertz CT molecular complexity index is 117. The summed E-state index contributed by atoms with van der Waals surface area (Å²) in [4.78, 5) is 0. The minimum absolute atomic E-state index is 0.135. The normalized spacial score (nSPS) is 16.2. The Labute approximate surface area is 81.6 Å². The van der Waals surface area contributed by atoms with Crippen molar-refractivity contribution in [3.63, 3.8) is 0 Å². The van der Waals surface area contributed by atoms with Gasteiger partial charge in [-0.1, -0.05) is 13.8 Å². The van der Waals surface area contributed by atoms with Crippen molar-refractivity contribution in [3.05, 3.63) is 0 Å². The van der Waals surface area contributed by atoms with Crippen LogP contribution in [0.1, 0.15) is 27.7 Å². The van der Waals surface area contributed by atoms with E-state index in [4.69, 9.17) is 15.2 Å². The first kappa shape index (κ1) is 12.9. The van der Waals surface area contributed by atoms with Crippen molar-refractivity contribution in [3.8, 4) is 0 Å². The van der Waals surface area contributed by atoms with Crippen LogP contribution in [-0.2, 0) is 9.47 Å². The maximum Gasteiger partial charge on any atom is 0.0784 e. The zero-order chi connectivity index (χ0) is 10.3. The fraction of sp³-hybridized carbons (Fsp3) is 1.00. The molecule has 0 aliphatic carbocycles. The van der Waals surface area contributed by atoms with Gasteiger partial charge in [0.05, 0.1) is 18.8 Å². The van der Waals surface area contributed by atoms with Gasteiger partial charge in [0.2, 0.25) is 0 Å². The van der Waals surface area contributed by atoms with Gasteiger partial charge < -0.3 is 15.2 Å². The summed E-state index contributed by atoms with van der Waals surface area (Å²) in [7, 11) is 0. The van der Waals surface area contributed by atoms with Crippen LogP contribution < -0.4 is 5.73 Å². The van der Waals surface area contributed by atoms with E-state index >= 15 is 0 Å². The zero-order valence-corrected chi connectivity index (χ0v) is 9.25. The van der Waals surface area contributed by atoms with E-state index in [9.17, 15) is 0 Å². The number of rotatable bonds is 7. The molecule has 3 nitrogen and oxygen atoms in total. The Kier molecular flexibility index (Phi) is 7.23. The van der Waals surface area contributed by atoms with Crippen LogP contribution in [0, 0.1) is 5.92 Å². The van der Waals surface area contributed by atoms with Gasteiger partial charge in [0.1, 0.15) is 0 Å². The molecule has 2 N–H and O–H groups in total. The maximum absolute atomic E-state index is 5.71. The van der Waals surface area contributed by atoms with E-state index in [1.807, 2.05) is 13.8 Å². The maximum atomic E-state index is 5.71. The van der Waals surface area contributed by atoms with E-state index in [1.165, 1.54) is 0 Å². The summed E-state index contributed by atoms with van der Waals surface area (Å²) >= 11 is 0. The van der Waals surface area contributed by atoms with E-state index < -0.39 is 0 Å². The van der Waals surface area contributed by atoms with Gasteiger partial charge in [0.25, 0.3) is 0 Å². The molecule has 0 aromatic heterocycles. The average Bonchev–Trinajstić information content (AvgIpc) is 2.10. The molecule has 0 radical (unpaired) electrons. The molecule has 0 aromatic carbocycles. The van der Waals surface area contributed by atoms with Gasteiger partial charge in [-0.05, 0) is 19.8 Å². The molecule has 0 heterocycles. The summed E-state index contributed by atoms with van der Waals surface area (Å²) in [6.07, 6.45) is 0.284. The molecule has 0 aliphatic heterocycles. The highest BCUT2D eigenvalue weighted by Crippen LogP contribution is 2.08. The highest BCUT2D eigenvalue weighted by molar-refractivity contribution is 4.64. The molecule has 0 spiro atoms. The molecule has 0 aliphatic rings. The van der Waals surface area contributed by atoms with Crippen molar-refractivity contribution in [1.82, 2.24) is 0 Å². The quantitative estimate of drug-likeness (QED) is 0.658. The Morgan fingerprint density at radius 1 is 1.23 bits per heavy atom. The largest absolute Gasteiger partial charge is 0.379 e. The third-order valence-corrected chi connectivity index (χ3v) is 1.94. The van der Waals surface area contributed by atoms with E-state index in [0.29, 0.717) is 19.1 Å². The van der Waals surface area contributed by atoms with Crippen LogP contribution in [0.4, 0.5) is 0 Å². The molecule has 0 rings (SSSR count). The van der Waals surface area contributed by atoms with Crippen molar-refractivity contribution in [1.29, 1.82) is 0 Å². The Morgan fingerprint density at radius 2 is 1.85 bits per heavy atom. The predicted octanol–water partition coefficient (Wildman–Crippen LogP) is 1.41. The van der Waals surface area contributed by atoms with Crippen molar-refractivity contribution in [2.75, 3.05) is 19.8 Å². The van der Waals surface area contributed by atoms with Crippen molar-refractivity contribution in [2.24, 2.45) is 11.7 Å². The van der Waals surface area contributed by atoms with Gasteiger partial charge in [-0.25, -0.2) is 0 Å². The molecule has 0 fully saturated rings. The lowest BCUT2D eigenvalue weighted by Gasteiger charge is -2.24. The SMILES string of the molecule is CCOCC(C)OC(CN)C(C)C. The second-order valence-electron chi connectivity index (χ2n) is 3.62. The van der Waals surface area contributed by atoms with Crippen LogP contribution in [0.2, 0.25) is 0 Å². The van der Waals surface area contributed by atoms with Crippen molar-refractivity contribution < 1.29 is 9.47 Å². The second kappa shape index (κ2) is 7.30. The minimum Gasteiger partial charge on any atom is -0.379 e. The Hall–Kier alpha value is -0.120. The monoisotopic (exact) mass is 189 g/mol. The van der Waals surface area contributed by atoms with Gasteiger partial charge in [-0.3, -0.25) is 0 Å². The molecular formula is C10H23NO2. The Balaban J connectivity index is 3.66. The van der Waals surface area contributed by atoms with Crippen LogP contribution >= 0.6 is 0 Å². The highest BCUT2D eigenvalue weighted by atomic mass is 16.5. The fourth-order valence-electron chi connectivity index (χ4n) is 1.11. The summed E-state index contributed by atoms with van der Waals surface area (Å²) < 4.78 is 11.0. The summed E-state index contributed by atoms with van der Waals surface area (Å²) in [6, 6.07) is 0.